The summed E-state index contributed by atoms with van der Waals surface area (Å²) < 4.78 is 16.4. The molecule has 3 aliphatic rings. The van der Waals surface area contributed by atoms with Gasteiger partial charge in [-0.15, -0.1) is 4.99 Å². The number of rotatable bonds is 20. The molecular formula is C35H61N3O6+2. The van der Waals surface area contributed by atoms with Crippen LogP contribution < -0.4 is 11.1 Å². The van der Waals surface area contributed by atoms with Gasteiger partial charge in [0, 0.05) is 59.9 Å². The molecule has 3 rings (SSSR count). The Kier molecular flexibility index (Phi) is 16.4. The highest BCUT2D eigenvalue weighted by atomic mass is 16.5. The van der Waals surface area contributed by atoms with Crippen LogP contribution in [-0.4, -0.2) is 74.9 Å². The predicted octanol–water partition coefficient (Wildman–Crippen LogP) is 4.26. The van der Waals surface area contributed by atoms with Crippen molar-refractivity contribution in [1.82, 2.24) is 0 Å². The van der Waals surface area contributed by atoms with Crippen LogP contribution in [0.2, 0.25) is 0 Å². The van der Waals surface area contributed by atoms with Crippen LogP contribution in [0.15, 0.2) is 16.1 Å². The number of aliphatic hydroxyl groups excluding tert-OH is 1. The van der Waals surface area contributed by atoms with E-state index < -0.39 is 6.10 Å². The average Bonchev–Trinajstić information content (AvgIpc) is 3.44. The molecule has 1 saturated carbocycles. The number of allylic oxidation sites excluding steroid dienone is 1. The maximum atomic E-state index is 13.0. The number of piperidine rings is 1. The lowest BCUT2D eigenvalue weighted by atomic mass is 9.77. The van der Waals surface area contributed by atoms with Crippen LogP contribution in [0, 0.1) is 30.2 Å². The van der Waals surface area contributed by atoms with E-state index in [1.54, 1.807) is 14.2 Å². The van der Waals surface area contributed by atoms with Gasteiger partial charge in [0.25, 0.3) is 0 Å². The van der Waals surface area contributed by atoms with Gasteiger partial charge in [-0.1, -0.05) is 13.3 Å². The first-order valence-corrected chi connectivity index (χ1v) is 17.3. The molecule has 0 bridgehead atoms. The molecule has 0 aromatic carbocycles. The van der Waals surface area contributed by atoms with E-state index in [-0.39, 0.29) is 36.5 Å². The smallest absolute Gasteiger partial charge is 0.302 e. The number of carbonyl (C=O) groups excluding carboxylic acids is 2. The van der Waals surface area contributed by atoms with Crippen molar-refractivity contribution in [3.8, 4) is 0 Å². The quantitative estimate of drug-likeness (QED) is 0.105. The molecule has 2 aliphatic heterocycles. The van der Waals surface area contributed by atoms with Gasteiger partial charge in [-0.2, -0.15) is 0 Å². The van der Waals surface area contributed by atoms with E-state index >= 15 is 0 Å². The molecule has 8 atom stereocenters. The van der Waals surface area contributed by atoms with Crippen molar-refractivity contribution in [2.24, 2.45) is 34.4 Å². The third-order valence-electron chi connectivity index (χ3n) is 10.3. The molecule has 44 heavy (non-hydrogen) atoms. The zero-order valence-electron chi connectivity index (χ0n) is 27.9. The summed E-state index contributed by atoms with van der Waals surface area (Å²) >= 11 is 0. The second kappa shape index (κ2) is 19.7. The molecule has 9 nitrogen and oxygen atoms in total. The van der Waals surface area contributed by atoms with Crippen molar-refractivity contribution in [2.45, 2.75) is 135 Å². The second-order valence-corrected chi connectivity index (χ2v) is 13.6. The van der Waals surface area contributed by atoms with Gasteiger partial charge in [-0.05, 0) is 81.5 Å². The van der Waals surface area contributed by atoms with Crippen LogP contribution in [-0.2, 0) is 23.8 Å². The summed E-state index contributed by atoms with van der Waals surface area (Å²) in [5.74, 6) is 1.82. The van der Waals surface area contributed by atoms with Crippen LogP contribution in [0.1, 0.15) is 110 Å². The first-order chi connectivity index (χ1) is 21.2. The number of hydrogen-bond donors (Lipinski definition) is 3. The van der Waals surface area contributed by atoms with Gasteiger partial charge in [-0.3, -0.25) is 15.3 Å². The third kappa shape index (κ3) is 12.5. The second-order valence-electron chi connectivity index (χ2n) is 13.6. The van der Waals surface area contributed by atoms with Crippen molar-refractivity contribution in [2.75, 3.05) is 27.4 Å². The molecule has 5 N–H and O–H groups in total. The average molecular weight is 620 g/mol. The first kappa shape index (κ1) is 36.7. The third-order valence-corrected chi connectivity index (χ3v) is 10.3. The van der Waals surface area contributed by atoms with E-state index in [1.807, 2.05) is 6.21 Å². The Morgan fingerprint density at radius 2 is 1.98 bits per heavy atom. The zero-order valence-corrected chi connectivity index (χ0v) is 27.9. The van der Waals surface area contributed by atoms with E-state index in [4.69, 9.17) is 19.9 Å². The van der Waals surface area contributed by atoms with E-state index in [0.717, 1.165) is 77.4 Å². The normalized spacial score (nSPS) is 27.5. The Hall–Kier alpha value is -1.78. The maximum Gasteiger partial charge on any atom is 0.302 e. The molecule has 2 fully saturated rings. The number of Topliss-reactive ketones (excluding diaryl/α,β-unsaturated/α-hetero) is 1. The van der Waals surface area contributed by atoms with Crippen molar-refractivity contribution >= 4 is 18.0 Å². The minimum Gasteiger partial charge on any atom is -0.462 e. The molecule has 0 aromatic heterocycles. The molecule has 0 amide bonds. The number of quaternary nitrogens is 1. The molecule has 250 valence electrons. The van der Waals surface area contributed by atoms with Gasteiger partial charge in [-0.25, -0.2) is 0 Å². The fourth-order valence-corrected chi connectivity index (χ4v) is 7.60. The van der Waals surface area contributed by atoms with Crippen LogP contribution >= 0.6 is 0 Å². The highest BCUT2D eigenvalue weighted by Gasteiger charge is 2.34. The number of carbonyl (C=O) groups is 2. The van der Waals surface area contributed by atoms with Crippen LogP contribution in [0.3, 0.4) is 0 Å². The number of aliphatic imine (C=N–C) groups is 1. The van der Waals surface area contributed by atoms with Gasteiger partial charge < -0.3 is 24.6 Å². The Labute approximate surface area is 266 Å². The molecule has 0 aromatic rings. The Bertz CT molecular complexity index is 939. The number of methoxy groups -OCH3 is 2. The monoisotopic (exact) mass is 619 g/mol. The number of nitrogens with two attached hydrogens (primary N) is 2. The zero-order chi connectivity index (χ0) is 31.9. The van der Waals surface area contributed by atoms with Crippen LogP contribution in [0.4, 0.5) is 0 Å². The minimum atomic E-state index is -0.413. The van der Waals surface area contributed by atoms with Gasteiger partial charge in [0.2, 0.25) is 0 Å². The maximum absolute atomic E-state index is 13.0. The molecule has 1 saturated heterocycles. The molecule has 2 heterocycles. The van der Waals surface area contributed by atoms with Gasteiger partial charge in [0.05, 0.1) is 24.3 Å². The van der Waals surface area contributed by atoms with Gasteiger partial charge in [0.1, 0.15) is 30.2 Å². The van der Waals surface area contributed by atoms with E-state index in [0.29, 0.717) is 42.9 Å². The Morgan fingerprint density at radius 1 is 1.16 bits per heavy atom. The number of ether oxygens (including phenoxy) is 3. The van der Waals surface area contributed by atoms with Crippen molar-refractivity contribution in [1.29, 1.82) is 0 Å². The van der Waals surface area contributed by atoms with E-state index in [9.17, 15) is 14.7 Å². The molecule has 8 unspecified atom stereocenters. The number of esters is 1. The fraction of sp³-hybridized carbons (Fsp3) is 0.829. The number of aliphatic hydroxyl groups is 1. The van der Waals surface area contributed by atoms with E-state index in [1.165, 1.54) is 24.5 Å². The van der Waals surface area contributed by atoms with Gasteiger partial charge >= 0.3 is 5.97 Å². The SMILES string of the molecule is CCC(CCC(CC(=O)CCC1CCC(O)C(OC)C1)OC(C)=O)CC1=C(CC(CCCOC)C2CC[NH2+]C(N)C2)[CH+]N=C1. The topological polar surface area (TPSA) is 137 Å². The van der Waals surface area contributed by atoms with Crippen LogP contribution in [0.25, 0.3) is 0 Å². The van der Waals surface area contributed by atoms with Crippen molar-refractivity contribution in [3.05, 3.63) is 17.7 Å². The predicted molar refractivity (Wildman–Crippen MR) is 173 cm³/mol. The molecule has 1 aliphatic carbocycles. The lowest BCUT2D eigenvalue weighted by Gasteiger charge is -2.32. The van der Waals surface area contributed by atoms with Crippen molar-refractivity contribution in [3.63, 3.8) is 0 Å². The molecule has 0 spiro atoms. The number of hydrogen-bond acceptors (Lipinski definition) is 8. The summed E-state index contributed by atoms with van der Waals surface area (Å²) in [6.45, 7) is 7.59. The summed E-state index contributed by atoms with van der Waals surface area (Å²) in [5, 5.41) is 12.3. The summed E-state index contributed by atoms with van der Waals surface area (Å²) in [5.41, 5.74) is 9.01. The van der Waals surface area contributed by atoms with Crippen molar-refractivity contribution < 1.29 is 34.2 Å². The summed E-state index contributed by atoms with van der Waals surface area (Å²) in [7, 11) is 3.41. The number of ketones is 1. The van der Waals surface area contributed by atoms with E-state index in [2.05, 4.69) is 23.8 Å². The molecule has 0 radical (unpaired) electrons. The fourth-order valence-electron chi connectivity index (χ4n) is 7.60. The summed E-state index contributed by atoms with van der Waals surface area (Å²) in [4.78, 5) is 29.4. The largest absolute Gasteiger partial charge is 0.462 e. The van der Waals surface area contributed by atoms with Crippen LogP contribution in [0.5, 0.6) is 0 Å². The molecule has 9 heteroatoms. The lowest BCUT2D eigenvalue weighted by molar-refractivity contribution is -0.699. The minimum absolute atomic E-state index is 0.145. The molecular weight excluding hydrogens is 558 g/mol. The van der Waals surface area contributed by atoms with Gasteiger partial charge in [0.15, 0.2) is 6.21 Å². The summed E-state index contributed by atoms with van der Waals surface area (Å²) in [6, 6.07) is 0. The summed E-state index contributed by atoms with van der Waals surface area (Å²) in [6.07, 6.45) is 14.3. The standard InChI is InChI=1S/C35H60N3O6/c1-5-25(9-12-32(44-24(2)39)21-31(40)11-8-26-10-13-33(41)34(18-26)43-4)17-29-22-37-23-30(29)19-27(7-6-16-42-3)28-14-15-38-35(36)20-28/h22-23,25-28,32-35,38,41H,5-21,36H2,1-4H3/q+1/p+1. The highest BCUT2D eigenvalue weighted by Crippen LogP contribution is 2.36. The number of nitrogens with zero attached hydrogens (tertiary/aromatic N) is 1. The Morgan fingerprint density at radius 3 is 2.68 bits per heavy atom. The first-order valence-electron chi connectivity index (χ1n) is 17.3. The highest BCUT2D eigenvalue weighted by molar-refractivity contribution is 5.84. The lowest BCUT2D eigenvalue weighted by Crippen LogP contribution is -2.94. The Balaban J connectivity index is 1.54.